The van der Waals surface area contributed by atoms with Crippen molar-refractivity contribution in [1.82, 2.24) is 0 Å². The Hall–Kier alpha value is -1.27. The molecule has 0 saturated heterocycles. The van der Waals surface area contributed by atoms with E-state index in [0.29, 0.717) is 0 Å². The third kappa shape index (κ3) is 7.70. The molecule has 0 nitrogen and oxygen atoms in total. The van der Waals surface area contributed by atoms with Gasteiger partial charge in [0.05, 0.1) is 0 Å². The Morgan fingerprint density at radius 1 is 0.852 bits per heavy atom. The van der Waals surface area contributed by atoms with E-state index < -0.39 is 0 Å². The van der Waals surface area contributed by atoms with E-state index in [9.17, 15) is 0 Å². The molecule has 136 valence electrons. The molecule has 0 spiro atoms. The van der Waals surface area contributed by atoms with Crippen molar-refractivity contribution in [2.45, 2.75) is 19.3 Å². The van der Waals surface area contributed by atoms with E-state index >= 15 is 0 Å². The molecule has 0 fully saturated rings. The standard InChI is InChI=1S/C13H10.C11H11.2ClH.Zr/c1-3-7-12(8-4-1)11-13-9-5-2-6-10-13;1-2-6-10(5-1)9-11-7-3-4-8-11;;;/h1-10H;1-3,5,7H,4,6,9H2;2*1H;/q;-1;;;+2/p-2. The quantitative estimate of drug-likeness (QED) is 0.541. The first-order valence-corrected chi connectivity index (χ1v) is 9.86. The van der Waals surface area contributed by atoms with Crippen LogP contribution in [0.1, 0.15) is 30.4 Å². The number of allylic oxidation sites excluding steroid dienone is 8. The third-order valence-electron chi connectivity index (χ3n) is 4.16. The maximum absolute atomic E-state index is 3.32. The Morgan fingerprint density at radius 3 is 1.89 bits per heavy atom. The molecule has 0 unspecified atom stereocenters. The van der Waals surface area contributed by atoms with Crippen LogP contribution in [0.3, 0.4) is 0 Å². The SMILES string of the molecule is [C-]1=C(CC2=CC=CC2)C=CC1.[Cl-].[Cl-].[Zr+2]=[C](c1ccccc1)c1ccccc1. The second kappa shape index (κ2) is 13.0. The van der Waals surface area contributed by atoms with Crippen LogP contribution in [-0.2, 0) is 24.2 Å². The van der Waals surface area contributed by atoms with Crippen molar-refractivity contribution in [3.8, 4) is 0 Å². The summed E-state index contributed by atoms with van der Waals surface area (Å²) >= 11 is 1.46. The predicted molar refractivity (Wildman–Crippen MR) is 103 cm³/mol. The van der Waals surface area contributed by atoms with E-state index in [-0.39, 0.29) is 24.8 Å². The fourth-order valence-corrected chi connectivity index (χ4v) is 3.63. The fourth-order valence-electron chi connectivity index (χ4n) is 2.82. The van der Waals surface area contributed by atoms with E-state index in [0.717, 1.165) is 19.3 Å². The summed E-state index contributed by atoms with van der Waals surface area (Å²) in [5, 5.41) is 0. The summed E-state index contributed by atoms with van der Waals surface area (Å²) in [6.07, 6.45) is 17.5. The van der Waals surface area contributed by atoms with Gasteiger partial charge in [-0.2, -0.15) is 6.08 Å². The van der Waals surface area contributed by atoms with Crippen molar-refractivity contribution >= 4 is 3.21 Å². The fraction of sp³-hybridized carbons (Fsp3) is 0.125. The summed E-state index contributed by atoms with van der Waals surface area (Å²) in [6, 6.07) is 21.1. The van der Waals surface area contributed by atoms with Gasteiger partial charge in [-0.1, -0.05) is 23.8 Å². The van der Waals surface area contributed by atoms with Gasteiger partial charge in [0.2, 0.25) is 0 Å². The van der Waals surface area contributed by atoms with Gasteiger partial charge in [-0.05, 0) is 12.8 Å². The number of hydrogen-bond acceptors (Lipinski definition) is 0. The van der Waals surface area contributed by atoms with Crippen LogP contribution >= 0.6 is 0 Å². The van der Waals surface area contributed by atoms with Crippen LogP contribution in [0, 0.1) is 6.08 Å². The molecule has 0 N–H and O–H groups in total. The first-order chi connectivity index (χ1) is 12.3. The summed E-state index contributed by atoms with van der Waals surface area (Å²) in [5.41, 5.74) is 5.54. The summed E-state index contributed by atoms with van der Waals surface area (Å²) in [4.78, 5) is 0. The van der Waals surface area contributed by atoms with Gasteiger partial charge in [-0.15, -0.1) is 6.42 Å². The summed E-state index contributed by atoms with van der Waals surface area (Å²) < 4.78 is 1.42. The van der Waals surface area contributed by atoms with Gasteiger partial charge in [0, 0.05) is 0 Å². The first kappa shape index (κ1) is 23.8. The van der Waals surface area contributed by atoms with Gasteiger partial charge in [0.25, 0.3) is 0 Å². The average molecular weight is 472 g/mol. The van der Waals surface area contributed by atoms with Crippen LogP contribution in [-0.4, -0.2) is 3.21 Å². The number of rotatable bonds is 4. The third-order valence-corrected chi connectivity index (χ3v) is 5.58. The first-order valence-electron chi connectivity index (χ1n) is 8.63. The van der Waals surface area contributed by atoms with Crippen molar-refractivity contribution in [2.75, 3.05) is 0 Å². The van der Waals surface area contributed by atoms with Crippen molar-refractivity contribution in [3.63, 3.8) is 0 Å². The van der Waals surface area contributed by atoms with Crippen LogP contribution in [0.5, 0.6) is 0 Å². The van der Waals surface area contributed by atoms with E-state index in [4.69, 9.17) is 0 Å². The molecule has 0 bridgehead atoms. The zero-order valence-electron chi connectivity index (χ0n) is 15.0. The molecule has 0 amide bonds. The molecule has 0 saturated carbocycles. The molecule has 3 heteroatoms. The van der Waals surface area contributed by atoms with Crippen molar-refractivity contribution in [2.24, 2.45) is 0 Å². The molecular weight excluding hydrogens is 450 g/mol. The van der Waals surface area contributed by atoms with Crippen molar-refractivity contribution in [3.05, 3.63) is 119 Å². The van der Waals surface area contributed by atoms with Gasteiger partial charge >= 0.3 is 99.2 Å². The minimum atomic E-state index is 0. The number of benzene rings is 2. The summed E-state index contributed by atoms with van der Waals surface area (Å²) in [7, 11) is 0. The molecular formula is C24H21Cl2Zr-. The summed E-state index contributed by atoms with van der Waals surface area (Å²) in [6.45, 7) is 0. The van der Waals surface area contributed by atoms with Crippen LogP contribution in [0.25, 0.3) is 0 Å². The van der Waals surface area contributed by atoms with Crippen LogP contribution in [0.2, 0.25) is 0 Å². The van der Waals surface area contributed by atoms with E-state index in [2.05, 4.69) is 97.1 Å². The molecule has 2 aliphatic rings. The molecule has 0 heterocycles. The number of halogens is 2. The van der Waals surface area contributed by atoms with Gasteiger partial charge in [-0.3, -0.25) is 6.08 Å². The van der Waals surface area contributed by atoms with Crippen molar-refractivity contribution < 1.29 is 49.0 Å². The average Bonchev–Trinajstić information content (AvgIpc) is 3.38. The van der Waals surface area contributed by atoms with Crippen LogP contribution in [0.4, 0.5) is 0 Å². The Labute approximate surface area is 189 Å². The Kier molecular flexibility index (Phi) is 11.4. The predicted octanol–water partition coefficient (Wildman–Crippen LogP) is -0.238. The molecule has 4 rings (SSSR count). The van der Waals surface area contributed by atoms with Gasteiger partial charge < -0.3 is 24.8 Å². The Balaban J connectivity index is 0.000000257. The van der Waals surface area contributed by atoms with E-state index in [1.807, 2.05) is 0 Å². The zero-order chi connectivity index (χ0) is 17.3. The Morgan fingerprint density at radius 2 is 1.44 bits per heavy atom. The topological polar surface area (TPSA) is 0 Å². The zero-order valence-corrected chi connectivity index (χ0v) is 19.0. The van der Waals surface area contributed by atoms with Crippen LogP contribution < -0.4 is 24.8 Å². The van der Waals surface area contributed by atoms with E-state index in [1.165, 1.54) is 49.7 Å². The van der Waals surface area contributed by atoms with Crippen LogP contribution in [0.15, 0.2) is 102 Å². The van der Waals surface area contributed by atoms with Gasteiger partial charge in [-0.25, -0.2) is 11.6 Å². The monoisotopic (exact) mass is 469 g/mol. The molecule has 0 aromatic heterocycles. The van der Waals surface area contributed by atoms with Gasteiger partial charge in [0.1, 0.15) is 0 Å². The minimum absolute atomic E-state index is 0. The molecule has 0 atom stereocenters. The van der Waals surface area contributed by atoms with E-state index in [1.54, 1.807) is 0 Å². The molecule has 0 aliphatic heterocycles. The Bertz CT molecular complexity index is 790. The molecule has 0 radical (unpaired) electrons. The molecule has 2 aromatic rings. The second-order valence-electron chi connectivity index (χ2n) is 6.05. The second-order valence-corrected chi connectivity index (χ2v) is 7.28. The molecule has 2 aliphatic carbocycles. The molecule has 2 aromatic carbocycles. The normalized spacial score (nSPS) is 13.6. The maximum atomic E-state index is 3.32. The number of hydrogen-bond donors (Lipinski definition) is 0. The molecule has 27 heavy (non-hydrogen) atoms. The van der Waals surface area contributed by atoms with Gasteiger partial charge in [0.15, 0.2) is 0 Å². The van der Waals surface area contributed by atoms with Crippen molar-refractivity contribution in [1.29, 1.82) is 0 Å². The summed E-state index contributed by atoms with van der Waals surface area (Å²) in [5.74, 6) is 0.